The molecular formula is C48H67N3O8. The molecule has 4 aliphatic rings. The molecule has 2 fully saturated rings. The third-order valence-corrected chi connectivity index (χ3v) is 12.7. The van der Waals surface area contributed by atoms with E-state index in [0.29, 0.717) is 49.6 Å². The Morgan fingerprint density at radius 1 is 1.02 bits per heavy atom. The summed E-state index contributed by atoms with van der Waals surface area (Å²) in [7, 11) is 1.87. The molecule has 11 heteroatoms. The van der Waals surface area contributed by atoms with E-state index in [1.165, 1.54) is 25.7 Å². The number of nitrogens with one attached hydrogen (secondary N) is 1. The van der Waals surface area contributed by atoms with Gasteiger partial charge in [0.15, 0.2) is 0 Å². The quantitative estimate of drug-likeness (QED) is 0.0727. The summed E-state index contributed by atoms with van der Waals surface area (Å²) in [6.07, 6.45) is 14.5. The number of unbranched alkanes of at least 4 members (excludes halogenated alkanes) is 2. The Labute approximate surface area is 351 Å². The zero-order valence-electron chi connectivity index (χ0n) is 35.7. The van der Waals surface area contributed by atoms with Crippen molar-refractivity contribution in [2.45, 2.75) is 134 Å². The zero-order chi connectivity index (χ0) is 42.0. The standard InChI is InChI=1S/C48H67N3O8/c1-6-28-56-48-42(51(5)43(54)25-22-33-16-10-11-17-33)31-40(50-59-47(2,3)4)38-29-35(20-12-14-26-52)37(21-13-15-27-53)44(45(38)48)39-30-36(23-24-41(39)58-48)57-46(55)49-32-34-18-8-7-9-19-34/h6-9,18-19,23-24,29-30,33,35,37,42,44-45,52-53H,1,10-17,20-22,25-28,31-32H2,2-5H3,(H,49,55)/t35-,37+,42-,44+,45+,48+/m0/s1. The first-order chi connectivity index (χ1) is 28.5. The van der Waals surface area contributed by atoms with Gasteiger partial charge in [-0.3, -0.25) is 4.79 Å². The number of aliphatic hydroxyl groups excluding tert-OH is 2. The van der Waals surface area contributed by atoms with Crippen LogP contribution in [-0.2, 0) is 20.9 Å². The number of aliphatic hydroxyl groups is 2. The number of rotatable bonds is 19. The first-order valence-electron chi connectivity index (χ1n) is 22.0. The zero-order valence-corrected chi connectivity index (χ0v) is 35.7. The molecule has 0 spiro atoms. The smallest absolute Gasteiger partial charge is 0.412 e. The SMILES string of the molecule is C=CCO[C@@]12Oc3ccc(OC(=O)NCc4ccccc4)cc3[C@H]3[C@H](CCCCO)[C@@H](CCCCO)C=C(C(=NOC(C)(C)C)C[C@@H]1N(C)C(=O)CCC1CCCC1)[C@H]32. The van der Waals surface area contributed by atoms with Crippen molar-refractivity contribution in [2.75, 3.05) is 26.9 Å². The molecule has 0 bridgehead atoms. The molecule has 0 saturated heterocycles. The second-order valence-corrected chi connectivity index (χ2v) is 17.9. The number of hydrogen-bond donors (Lipinski definition) is 3. The maximum Gasteiger partial charge on any atom is 0.412 e. The predicted octanol–water partition coefficient (Wildman–Crippen LogP) is 8.84. The highest BCUT2D eigenvalue weighted by Crippen LogP contribution is 2.62. The molecule has 322 valence electrons. The average molecular weight is 814 g/mol. The number of fused-ring (bicyclic) bond motifs is 2. The van der Waals surface area contributed by atoms with Gasteiger partial charge in [-0.25, -0.2) is 4.79 Å². The number of carbonyl (C=O) groups excluding carboxylic acids is 2. The molecule has 6 rings (SSSR count). The summed E-state index contributed by atoms with van der Waals surface area (Å²) < 4.78 is 20.2. The van der Waals surface area contributed by atoms with Gasteiger partial charge in [-0.1, -0.05) is 86.2 Å². The van der Waals surface area contributed by atoms with E-state index < -0.39 is 29.4 Å². The van der Waals surface area contributed by atoms with Crippen molar-refractivity contribution in [3.05, 3.63) is 84.0 Å². The van der Waals surface area contributed by atoms with Crippen LogP contribution < -0.4 is 14.8 Å². The molecule has 3 N–H and O–H groups in total. The van der Waals surface area contributed by atoms with Gasteiger partial charge >= 0.3 is 6.09 Å². The third-order valence-electron chi connectivity index (χ3n) is 12.7. The van der Waals surface area contributed by atoms with Gasteiger partial charge in [-0.05, 0) is 100.0 Å². The van der Waals surface area contributed by atoms with Crippen LogP contribution in [-0.4, -0.2) is 77.1 Å². The summed E-state index contributed by atoms with van der Waals surface area (Å²) in [5.41, 5.74) is 3.01. The van der Waals surface area contributed by atoms with Crippen LogP contribution >= 0.6 is 0 Å². The minimum absolute atomic E-state index is 0.0420. The van der Waals surface area contributed by atoms with Crippen LogP contribution in [0, 0.1) is 23.7 Å². The molecule has 6 atom stereocenters. The minimum atomic E-state index is -1.32. The highest BCUT2D eigenvalue weighted by atomic mass is 16.7. The Hall–Kier alpha value is -4.19. The molecule has 0 unspecified atom stereocenters. The van der Waals surface area contributed by atoms with Crippen LogP contribution in [0.5, 0.6) is 11.5 Å². The highest BCUT2D eigenvalue weighted by molar-refractivity contribution is 6.03. The summed E-state index contributed by atoms with van der Waals surface area (Å²) in [6, 6.07) is 14.6. The van der Waals surface area contributed by atoms with E-state index in [9.17, 15) is 19.8 Å². The molecule has 0 aromatic heterocycles. The van der Waals surface area contributed by atoms with Gasteiger partial charge in [0.2, 0.25) is 11.7 Å². The van der Waals surface area contributed by atoms with E-state index in [1.807, 2.05) is 75.2 Å². The van der Waals surface area contributed by atoms with Gasteiger partial charge in [0.05, 0.1) is 18.2 Å². The first-order valence-corrected chi connectivity index (χ1v) is 22.0. The van der Waals surface area contributed by atoms with Crippen LogP contribution in [0.2, 0.25) is 0 Å². The topological polar surface area (TPSA) is 139 Å². The van der Waals surface area contributed by atoms with Crippen LogP contribution in [0.4, 0.5) is 4.79 Å². The number of oxime groups is 1. The Kier molecular flexibility index (Phi) is 15.3. The van der Waals surface area contributed by atoms with Crippen molar-refractivity contribution in [2.24, 2.45) is 28.8 Å². The van der Waals surface area contributed by atoms with Gasteiger partial charge in [0, 0.05) is 51.1 Å². The number of hydrogen-bond acceptors (Lipinski definition) is 9. The van der Waals surface area contributed by atoms with Gasteiger partial charge < -0.3 is 39.5 Å². The lowest BCUT2D eigenvalue weighted by molar-refractivity contribution is -0.255. The maximum atomic E-state index is 14.3. The van der Waals surface area contributed by atoms with Crippen LogP contribution in [0.25, 0.3) is 0 Å². The van der Waals surface area contributed by atoms with Gasteiger partial charge in [-0.15, -0.1) is 6.58 Å². The molecular weight excluding hydrogens is 747 g/mol. The molecule has 2 aromatic rings. The largest absolute Gasteiger partial charge is 0.459 e. The number of allylic oxidation sites excluding steroid dienone is 1. The van der Waals surface area contributed by atoms with E-state index in [1.54, 1.807) is 12.1 Å². The van der Waals surface area contributed by atoms with E-state index >= 15 is 0 Å². The van der Waals surface area contributed by atoms with Crippen molar-refractivity contribution in [3.8, 4) is 11.5 Å². The minimum Gasteiger partial charge on any atom is -0.459 e. The molecule has 3 aliphatic carbocycles. The summed E-state index contributed by atoms with van der Waals surface area (Å²) in [4.78, 5) is 35.6. The highest BCUT2D eigenvalue weighted by Gasteiger charge is 2.65. The van der Waals surface area contributed by atoms with Crippen LogP contribution in [0.15, 0.2) is 78.0 Å². The van der Waals surface area contributed by atoms with Gasteiger partial charge in [0.1, 0.15) is 23.1 Å². The number of likely N-dealkylation sites (N-methyl/N-ethyl adjacent to an activating group) is 1. The number of amides is 2. The molecule has 1 heterocycles. The van der Waals surface area contributed by atoms with Crippen molar-refractivity contribution in [3.63, 3.8) is 0 Å². The Bertz CT molecular complexity index is 1780. The molecule has 2 aromatic carbocycles. The van der Waals surface area contributed by atoms with Crippen molar-refractivity contribution in [1.29, 1.82) is 0 Å². The van der Waals surface area contributed by atoms with Crippen molar-refractivity contribution < 1.29 is 38.9 Å². The average Bonchev–Trinajstić information content (AvgIpc) is 3.75. The summed E-state index contributed by atoms with van der Waals surface area (Å²) >= 11 is 0. The van der Waals surface area contributed by atoms with E-state index in [2.05, 4.69) is 18.0 Å². The Morgan fingerprint density at radius 3 is 2.44 bits per heavy atom. The fourth-order valence-electron chi connectivity index (χ4n) is 9.87. The van der Waals surface area contributed by atoms with Crippen LogP contribution in [0.1, 0.15) is 121 Å². The molecule has 59 heavy (non-hydrogen) atoms. The monoisotopic (exact) mass is 813 g/mol. The van der Waals surface area contributed by atoms with E-state index in [4.69, 9.17) is 24.2 Å². The lowest BCUT2D eigenvalue weighted by Gasteiger charge is -2.59. The Morgan fingerprint density at radius 2 is 1.75 bits per heavy atom. The predicted molar refractivity (Wildman–Crippen MR) is 229 cm³/mol. The number of carbonyl (C=O) groups is 2. The molecule has 0 radical (unpaired) electrons. The van der Waals surface area contributed by atoms with Crippen molar-refractivity contribution in [1.82, 2.24) is 10.2 Å². The second kappa shape index (κ2) is 20.4. The van der Waals surface area contributed by atoms with E-state index in [0.717, 1.165) is 54.5 Å². The third kappa shape index (κ3) is 10.8. The summed E-state index contributed by atoms with van der Waals surface area (Å²) in [6.45, 7) is 10.7. The van der Waals surface area contributed by atoms with Crippen molar-refractivity contribution >= 4 is 17.7 Å². The molecule has 11 nitrogen and oxygen atoms in total. The van der Waals surface area contributed by atoms with Gasteiger partial charge in [-0.2, -0.15) is 0 Å². The lowest BCUT2D eigenvalue weighted by atomic mass is 9.55. The normalized spacial score (nSPS) is 25.6. The fraction of sp³-hybridized carbons (Fsp3) is 0.604. The maximum absolute atomic E-state index is 14.3. The second-order valence-electron chi connectivity index (χ2n) is 17.9. The summed E-state index contributed by atoms with van der Waals surface area (Å²) in [5.74, 6) is -0.237. The fourth-order valence-corrected chi connectivity index (χ4v) is 9.87. The number of ether oxygens (including phenoxy) is 3. The molecule has 1 aliphatic heterocycles. The lowest BCUT2D eigenvalue weighted by Crippen LogP contribution is -2.69. The van der Waals surface area contributed by atoms with Gasteiger partial charge in [0.25, 0.3) is 0 Å². The number of benzene rings is 2. The first kappa shape index (κ1) is 44.4. The molecule has 2 amide bonds. The molecule has 2 saturated carbocycles. The summed E-state index contributed by atoms with van der Waals surface area (Å²) in [5, 5.41) is 27.5. The van der Waals surface area contributed by atoms with E-state index in [-0.39, 0.29) is 43.5 Å². The Balaban J connectivity index is 1.48. The van der Waals surface area contributed by atoms with Crippen LogP contribution in [0.3, 0.4) is 0 Å². The number of nitrogens with zero attached hydrogens (tertiary/aromatic N) is 2.